The molecule has 0 radical (unpaired) electrons. The Hall–Kier alpha value is -0.420. The number of ether oxygens (including phenoxy) is 2. The van der Waals surface area contributed by atoms with Gasteiger partial charge < -0.3 is 14.8 Å². The van der Waals surface area contributed by atoms with Crippen molar-refractivity contribution >= 4 is 11.3 Å². The third-order valence-corrected chi connectivity index (χ3v) is 4.59. The number of rotatable bonds is 5. The molecule has 2 heterocycles. The first-order chi connectivity index (χ1) is 8.50. The van der Waals surface area contributed by atoms with E-state index in [1.807, 2.05) is 25.2 Å². The molecule has 2 rings (SSSR count). The van der Waals surface area contributed by atoms with E-state index in [1.54, 1.807) is 0 Å². The summed E-state index contributed by atoms with van der Waals surface area (Å²) in [6.45, 7) is 9.83. The van der Waals surface area contributed by atoms with E-state index in [1.165, 1.54) is 9.75 Å². The summed E-state index contributed by atoms with van der Waals surface area (Å²) in [6, 6.07) is 4.82. The number of aryl methyl sites for hydroxylation is 1. The maximum atomic E-state index is 5.78. The van der Waals surface area contributed by atoms with Gasteiger partial charge in [-0.25, -0.2) is 0 Å². The van der Waals surface area contributed by atoms with E-state index in [2.05, 4.69) is 31.3 Å². The average molecular weight is 269 g/mol. The monoisotopic (exact) mass is 269 g/mol. The van der Waals surface area contributed by atoms with Crippen molar-refractivity contribution in [2.24, 2.45) is 0 Å². The summed E-state index contributed by atoms with van der Waals surface area (Å²) < 4.78 is 11.3. The zero-order valence-corrected chi connectivity index (χ0v) is 12.5. The molecule has 1 fully saturated rings. The van der Waals surface area contributed by atoms with Crippen LogP contribution >= 0.6 is 11.3 Å². The van der Waals surface area contributed by atoms with Crippen LogP contribution in [0.3, 0.4) is 0 Å². The van der Waals surface area contributed by atoms with Crippen molar-refractivity contribution < 1.29 is 9.47 Å². The minimum Gasteiger partial charge on any atom is -0.348 e. The van der Waals surface area contributed by atoms with Crippen LogP contribution in [0.2, 0.25) is 0 Å². The second-order valence-corrected chi connectivity index (χ2v) is 6.44. The van der Waals surface area contributed by atoms with Gasteiger partial charge in [0.1, 0.15) is 0 Å². The minimum absolute atomic E-state index is 0.160. The van der Waals surface area contributed by atoms with Crippen molar-refractivity contribution in [3.63, 3.8) is 0 Å². The van der Waals surface area contributed by atoms with Crippen LogP contribution in [-0.4, -0.2) is 25.0 Å². The maximum absolute atomic E-state index is 5.78. The highest BCUT2D eigenvalue weighted by molar-refractivity contribution is 7.12. The van der Waals surface area contributed by atoms with Crippen molar-refractivity contribution in [3.05, 3.63) is 21.9 Å². The first-order valence-electron chi connectivity index (χ1n) is 6.64. The third-order valence-electron chi connectivity index (χ3n) is 3.18. The van der Waals surface area contributed by atoms with Gasteiger partial charge in [-0.15, -0.1) is 11.3 Å². The number of hydrogen-bond donors (Lipinski definition) is 1. The molecule has 1 aromatic heterocycles. The van der Waals surface area contributed by atoms with Crippen LogP contribution in [0.4, 0.5) is 0 Å². The Morgan fingerprint density at radius 1 is 1.50 bits per heavy atom. The molecule has 1 N–H and O–H groups in total. The summed E-state index contributed by atoms with van der Waals surface area (Å²) in [4.78, 5) is 2.84. The van der Waals surface area contributed by atoms with E-state index in [-0.39, 0.29) is 6.10 Å². The molecule has 3 nitrogen and oxygen atoms in total. The molecule has 0 aromatic carbocycles. The molecule has 0 saturated carbocycles. The fourth-order valence-electron chi connectivity index (χ4n) is 2.09. The van der Waals surface area contributed by atoms with Crippen LogP contribution < -0.4 is 5.32 Å². The molecule has 18 heavy (non-hydrogen) atoms. The molecule has 2 atom stereocenters. The number of nitrogens with one attached hydrogen (secondary N) is 1. The van der Waals surface area contributed by atoms with Crippen LogP contribution in [0.15, 0.2) is 12.1 Å². The third kappa shape index (κ3) is 3.54. The lowest BCUT2D eigenvalue weighted by Gasteiger charge is -2.18. The summed E-state index contributed by atoms with van der Waals surface area (Å²) in [5, 5.41) is 3.52. The van der Waals surface area contributed by atoms with Gasteiger partial charge in [0, 0.05) is 22.3 Å². The number of hydrogen-bond acceptors (Lipinski definition) is 4. The zero-order chi connectivity index (χ0) is 13.2. The van der Waals surface area contributed by atoms with Crippen LogP contribution in [-0.2, 0) is 15.9 Å². The quantitative estimate of drug-likeness (QED) is 0.891. The molecule has 0 bridgehead atoms. The highest BCUT2D eigenvalue weighted by Crippen LogP contribution is 2.25. The van der Waals surface area contributed by atoms with Crippen LogP contribution in [0.5, 0.6) is 0 Å². The molecule has 1 aliphatic heterocycles. The number of thiophene rings is 1. The van der Waals surface area contributed by atoms with Crippen LogP contribution in [0.25, 0.3) is 0 Å². The molecule has 0 spiro atoms. The van der Waals surface area contributed by atoms with Gasteiger partial charge in [-0.3, -0.25) is 0 Å². The highest BCUT2D eigenvalue weighted by Gasteiger charge is 2.32. The fraction of sp³-hybridized carbons (Fsp3) is 0.714. The predicted octanol–water partition coefficient (Wildman–Crippen LogP) is 3.11. The summed E-state index contributed by atoms with van der Waals surface area (Å²) in [5.41, 5.74) is 0. The zero-order valence-electron chi connectivity index (χ0n) is 11.7. The van der Waals surface area contributed by atoms with E-state index in [0.717, 1.165) is 13.0 Å². The van der Waals surface area contributed by atoms with E-state index in [9.17, 15) is 0 Å². The smallest absolute Gasteiger partial charge is 0.163 e. The first kappa shape index (κ1) is 14.0. The van der Waals surface area contributed by atoms with Gasteiger partial charge in [0.2, 0.25) is 0 Å². The molecule has 1 aliphatic rings. The van der Waals surface area contributed by atoms with Gasteiger partial charge in [0.05, 0.1) is 12.7 Å². The average Bonchev–Trinajstić information content (AvgIpc) is 2.92. The molecule has 0 amide bonds. The SMILES string of the molecule is CCc1ccc(C(C)NCC2COC(C)(C)O2)s1. The highest BCUT2D eigenvalue weighted by atomic mass is 32.1. The summed E-state index contributed by atoms with van der Waals surface area (Å²) >= 11 is 1.89. The molecular formula is C14H23NO2S. The topological polar surface area (TPSA) is 30.5 Å². The van der Waals surface area contributed by atoms with E-state index >= 15 is 0 Å². The van der Waals surface area contributed by atoms with Crippen LogP contribution in [0, 0.1) is 0 Å². The Bertz CT molecular complexity index is 389. The van der Waals surface area contributed by atoms with Crippen molar-refractivity contribution in [3.8, 4) is 0 Å². The minimum atomic E-state index is -0.423. The molecule has 1 aromatic rings. The second kappa shape index (κ2) is 5.70. The Balaban J connectivity index is 1.80. The van der Waals surface area contributed by atoms with Gasteiger partial charge in [-0.05, 0) is 39.3 Å². The summed E-state index contributed by atoms with van der Waals surface area (Å²) in [5.74, 6) is -0.423. The van der Waals surface area contributed by atoms with E-state index in [4.69, 9.17) is 9.47 Å². The molecule has 1 saturated heterocycles. The lowest BCUT2D eigenvalue weighted by atomic mass is 10.2. The van der Waals surface area contributed by atoms with Crippen molar-refractivity contribution in [2.75, 3.05) is 13.2 Å². The Kier molecular flexibility index (Phi) is 4.43. The summed E-state index contributed by atoms with van der Waals surface area (Å²) in [7, 11) is 0. The predicted molar refractivity (Wildman–Crippen MR) is 75.0 cm³/mol. The molecule has 4 heteroatoms. The summed E-state index contributed by atoms with van der Waals surface area (Å²) in [6.07, 6.45) is 1.28. The van der Waals surface area contributed by atoms with Gasteiger partial charge in [0.25, 0.3) is 0 Å². The Morgan fingerprint density at radius 3 is 2.83 bits per heavy atom. The Labute approximate surface area is 113 Å². The van der Waals surface area contributed by atoms with Crippen molar-refractivity contribution in [1.82, 2.24) is 5.32 Å². The van der Waals surface area contributed by atoms with Gasteiger partial charge in [-0.1, -0.05) is 6.92 Å². The largest absolute Gasteiger partial charge is 0.348 e. The first-order valence-corrected chi connectivity index (χ1v) is 7.45. The standard InChI is InChI=1S/C14H23NO2S/c1-5-12-6-7-13(18-12)10(2)15-8-11-9-16-14(3,4)17-11/h6-7,10-11,15H,5,8-9H2,1-4H3. The second-order valence-electron chi connectivity index (χ2n) is 5.24. The maximum Gasteiger partial charge on any atom is 0.163 e. The van der Waals surface area contributed by atoms with Crippen molar-refractivity contribution in [2.45, 2.75) is 52.0 Å². The lowest BCUT2D eigenvalue weighted by molar-refractivity contribution is -0.137. The fourth-order valence-corrected chi connectivity index (χ4v) is 3.07. The molecule has 2 unspecified atom stereocenters. The van der Waals surface area contributed by atoms with E-state index < -0.39 is 5.79 Å². The molecular weight excluding hydrogens is 246 g/mol. The van der Waals surface area contributed by atoms with Crippen molar-refractivity contribution in [1.29, 1.82) is 0 Å². The molecule has 102 valence electrons. The lowest BCUT2D eigenvalue weighted by Crippen LogP contribution is -2.31. The Morgan fingerprint density at radius 2 is 2.28 bits per heavy atom. The van der Waals surface area contributed by atoms with Gasteiger partial charge in [0.15, 0.2) is 5.79 Å². The van der Waals surface area contributed by atoms with Gasteiger partial charge >= 0.3 is 0 Å². The van der Waals surface area contributed by atoms with Gasteiger partial charge in [-0.2, -0.15) is 0 Å². The normalized spacial score (nSPS) is 24.3. The van der Waals surface area contributed by atoms with E-state index in [0.29, 0.717) is 12.6 Å². The van der Waals surface area contributed by atoms with Crippen LogP contribution in [0.1, 0.15) is 43.5 Å². The molecule has 0 aliphatic carbocycles.